The molecule has 0 saturated heterocycles. The van der Waals surface area contributed by atoms with Gasteiger partial charge in [-0.05, 0) is 66.2 Å². The molecule has 0 atom stereocenters. The fourth-order valence-electron chi connectivity index (χ4n) is 4.81. The number of hydrogen-bond donors (Lipinski definition) is 0. The van der Waals surface area contributed by atoms with Crippen LogP contribution in [0.25, 0.3) is 16.2 Å². The third-order valence-electron chi connectivity index (χ3n) is 6.73. The highest BCUT2D eigenvalue weighted by Gasteiger charge is 2.25. The van der Waals surface area contributed by atoms with Gasteiger partial charge in [-0.1, -0.05) is 84.9 Å². The molecule has 5 aromatic carbocycles. The van der Waals surface area contributed by atoms with Gasteiger partial charge in [-0.15, -0.1) is 0 Å². The zero-order chi connectivity index (χ0) is 27.3. The van der Waals surface area contributed by atoms with Crippen molar-refractivity contribution in [3.05, 3.63) is 179 Å². The lowest BCUT2D eigenvalue weighted by Crippen LogP contribution is -2.10. The highest BCUT2D eigenvalue weighted by atomic mass is 16.5. The number of benzene rings is 5. The molecule has 1 aliphatic rings. The Morgan fingerprint density at radius 1 is 0.625 bits per heavy atom. The van der Waals surface area contributed by atoms with Gasteiger partial charge in [0.05, 0.1) is 6.57 Å². The maximum atomic E-state index is 13.4. The van der Waals surface area contributed by atoms with Gasteiger partial charge in [0.25, 0.3) is 0 Å². The first-order valence-corrected chi connectivity index (χ1v) is 12.9. The van der Waals surface area contributed by atoms with Crippen molar-refractivity contribution in [1.29, 1.82) is 0 Å². The van der Waals surface area contributed by atoms with Crippen molar-refractivity contribution in [2.45, 2.75) is 0 Å². The fourth-order valence-corrected chi connectivity index (χ4v) is 4.81. The van der Waals surface area contributed by atoms with Gasteiger partial charge in [0.15, 0.2) is 5.78 Å². The average Bonchev–Trinajstić information content (AvgIpc) is 3.03. The van der Waals surface area contributed by atoms with Gasteiger partial charge in [-0.2, -0.15) is 0 Å². The van der Waals surface area contributed by atoms with Crippen LogP contribution in [0.5, 0.6) is 5.75 Å². The SMILES string of the molecule is [C-]#[N+]/C(C(=O)c1ccccc1)=C1/C=C(c2ccc(N(c3ccccc3)c3ccccc3)cc2)Oc2ccccc21. The van der Waals surface area contributed by atoms with E-state index in [4.69, 9.17) is 11.3 Å². The van der Waals surface area contributed by atoms with Crippen molar-refractivity contribution >= 4 is 34.2 Å². The summed E-state index contributed by atoms with van der Waals surface area (Å²) in [6.07, 6.45) is 1.80. The standard InChI is InChI=1S/C36H24N2O2/c1-37-35(36(39)27-13-5-2-6-14-27)32-25-34(40-33-20-12-11-19-31(32)33)26-21-23-30(24-22-26)38(28-15-7-3-8-16-28)29-17-9-4-10-18-29/h2-25H/b35-32-. The van der Waals surface area contributed by atoms with E-state index in [-0.39, 0.29) is 11.5 Å². The van der Waals surface area contributed by atoms with E-state index in [9.17, 15) is 4.79 Å². The highest BCUT2D eigenvalue weighted by Crippen LogP contribution is 2.40. The second-order valence-corrected chi connectivity index (χ2v) is 9.23. The van der Waals surface area contributed by atoms with Crippen LogP contribution in [0.4, 0.5) is 17.1 Å². The maximum Gasteiger partial charge on any atom is 0.241 e. The molecule has 0 radical (unpaired) electrons. The maximum absolute atomic E-state index is 13.4. The Labute approximate surface area is 233 Å². The average molecular weight is 517 g/mol. The van der Waals surface area contributed by atoms with E-state index in [0.29, 0.717) is 22.6 Å². The van der Waals surface area contributed by atoms with E-state index in [1.807, 2.05) is 91.0 Å². The van der Waals surface area contributed by atoms with Crippen LogP contribution >= 0.6 is 0 Å². The van der Waals surface area contributed by atoms with Gasteiger partial charge in [0, 0.05) is 33.8 Å². The van der Waals surface area contributed by atoms with E-state index in [2.05, 4.69) is 34.0 Å². The molecule has 6 rings (SSSR count). The summed E-state index contributed by atoms with van der Waals surface area (Å²) in [6, 6.07) is 45.0. The second-order valence-electron chi connectivity index (χ2n) is 9.23. The molecule has 1 aliphatic heterocycles. The molecule has 0 saturated carbocycles. The number of nitrogens with zero attached hydrogens (tertiary/aromatic N) is 2. The minimum absolute atomic E-state index is 0.0652. The predicted molar refractivity (Wildman–Crippen MR) is 160 cm³/mol. The fraction of sp³-hybridized carbons (Fsp3) is 0. The van der Waals surface area contributed by atoms with Crippen LogP contribution in [-0.2, 0) is 0 Å². The quantitative estimate of drug-likeness (QED) is 0.128. The van der Waals surface area contributed by atoms with E-state index in [1.54, 1.807) is 30.3 Å². The van der Waals surface area contributed by atoms with Crippen molar-refractivity contribution < 1.29 is 9.53 Å². The van der Waals surface area contributed by atoms with Gasteiger partial charge < -0.3 is 14.4 Å². The van der Waals surface area contributed by atoms with Gasteiger partial charge in [0.1, 0.15) is 11.5 Å². The summed E-state index contributed by atoms with van der Waals surface area (Å²) < 4.78 is 6.30. The number of anilines is 3. The van der Waals surface area contributed by atoms with Crippen molar-refractivity contribution in [3.63, 3.8) is 0 Å². The summed E-state index contributed by atoms with van der Waals surface area (Å²) in [5.41, 5.74) is 5.76. The number of allylic oxidation sites excluding steroid dienone is 3. The Bertz CT molecular complexity index is 1730. The molecular weight excluding hydrogens is 492 g/mol. The lowest BCUT2D eigenvalue weighted by molar-refractivity contribution is 0.103. The molecular formula is C36H24N2O2. The molecule has 0 amide bonds. The lowest BCUT2D eigenvalue weighted by Gasteiger charge is -2.26. The van der Waals surface area contributed by atoms with Crippen molar-refractivity contribution in [3.8, 4) is 5.75 Å². The Morgan fingerprint density at radius 2 is 1.15 bits per heavy atom. The summed E-state index contributed by atoms with van der Waals surface area (Å²) in [7, 11) is 0. The number of ketones is 1. The number of ether oxygens (including phenoxy) is 1. The van der Waals surface area contributed by atoms with E-state index in [0.717, 1.165) is 28.2 Å². The first-order valence-electron chi connectivity index (χ1n) is 12.9. The van der Waals surface area contributed by atoms with Gasteiger partial charge in [-0.25, -0.2) is 4.85 Å². The predicted octanol–water partition coefficient (Wildman–Crippen LogP) is 9.10. The largest absolute Gasteiger partial charge is 0.456 e. The lowest BCUT2D eigenvalue weighted by atomic mass is 9.94. The molecule has 40 heavy (non-hydrogen) atoms. The Balaban J connectivity index is 1.42. The van der Waals surface area contributed by atoms with Crippen molar-refractivity contribution in [1.82, 2.24) is 0 Å². The first kappa shape index (κ1) is 24.7. The Kier molecular flexibility index (Phi) is 6.77. The molecule has 5 aromatic rings. The third-order valence-corrected chi connectivity index (χ3v) is 6.73. The molecule has 4 heteroatoms. The van der Waals surface area contributed by atoms with Crippen LogP contribution in [-0.4, -0.2) is 5.78 Å². The molecule has 0 N–H and O–H groups in total. The summed E-state index contributed by atoms with van der Waals surface area (Å²) in [4.78, 5) is 19.3. The van der Waals surface area contributed by atoms with E-state index in [1.165, 1.54) is 0 Å². The van der Waals surface area contributed by atoms with Gasteiger partial charge >= 0.3 is 0 Å². The molecule has 0 bridgehead atoms. The van der Waals surface area contributed by atoms with Crippen molar-refractivity contribution in [2.75, 3.05) is 4.90 Å². The summed E-state index contributed by atoms with van der Waals surface area (Å²) in [5.74, 6) is 0.874. The molecule has 190 valence electrons. The summed E-state index contributed by atoms with van der Waals surface area (Å²) in [6.45, 7) is 7.90. The Morgan fingerprint density at radius 3 is 1.75 bits per heavy atom. The minimum Gasteiger partial charge on any atom is -0.456 e. The number of hydrogen-bond acceptors (Lipinski definition) is 3. The van der Waals surface area contributed by atoms with Crippen LogP contribution in [0, 0.1) is 6.57 Å². The molecule has 0 aliphatic carbocycles. The van der Waals surface area contributed by atoms with E-state index < -0.39 is 0 Å². The molecule has 0 spiro atoms. The van der Waals surface area contributed by atoms with E-state index >= 15 is 0 Å². The molecule has 1 heterocycles. The van der Waals surface area contributed by atoms with Gasteiger partial charge in [-0.3, -0.25) is 0 Å². The highest BCUT2D eigenvalue weighted by molar-refractivity contribution is 6.16. The van der Waals surface area contributed by atoms with Crippen LogP contribution < -0.4 is 9.64 Å². The van der Waals surface area contributed by atoms with Crippen LogP contribution in [0.3, 0.4) is 0 Å². The molecule has 0 aromatic heterocycles. The minimum atomic E-state index is -0.311. The molecule has 4 nitrogen and oxygen atoms in total. The Hall–Kier alpha value is -5.66. The zero-order valence-corrected chi connectivity index (χ0v) is 21.6. The number of carbonyl (C=O) groups excluding carboxylic acids is 1. The van der Waals surface area contributed by atoms with Gasteiger partial charge in [0.2, 0.25) is 5.70 Å². The topological polar surface area (TPSA) is 33.9 Å². The van der Waals surface area contributed by atoms with Crippen LogP contribution in [0.1, 0.15) is 21.5 Å². The number of carbonyl (C=O) groups is 1. The zero-order valence-electron chi connectivity index (χ0n) is 21.6. The molecule has 0 fully saturated rings. The number of para-hydroxylation sites is 3. The normalized spacial score (nSPS) is 13.2. The number of Topliss-reactive ketones (excluding diaryl/α,β-unsaturated/α-hetero) is 1. The van der Waals surface area contributed by atoms with Crippen LogP contribution in [0.2, 0.25) is 0 Å². The molecule has 0 unspecified atom stereocenters. The number of rotatable bonds is 6. The first-order chi connectivity index (χ1) is 19.7. The third kappa shape index (κ3) is 4.80. The van der Waals surface area contributed by atoms with Crippen molar-refractivity contribution in [2.24, 2.45) is 0 Å². The number of fused-ring (bicyclic) bond motifs is 1. The second kappa shape index (κ2) is 11.0. The summed E-state index contributed by atoms with van der Waals surface area (Å²) >= 11 is 0. The summed E-state index contributed by atoms with van der Waals surface area (Å²) in [5, 5.41) is 0. The smallest absolute Gasteiger partial charge is 0.241 e. The van der Waals surface area contributed by atoms with Crippen LogP contribution in [0.15, 0.2) is 151 Å². The monoisotopic (exact) mass is 516 g/mol.